The van der Waals surface area contributed by atoms with Gasteiger partial charge in [0.05, 0.1) is 11.4 Å². The van der Waals surface area contributed by atoms with Gasteiger partial charge in [-0.05, 0) is 135 Å². The van der Waals surface area contributed by atoms with Gasteiger partial charge < -0.3 is 9.80 Å². The van der Waals surface area contributed by atoms with Gasteiger partial charge in [0, 0.05) is 33.5 Å². The predicted octanol–water partition coefficient (Wildman–Crippen LogP) is 16.7. The number of hydrogen-bond acceptors (Lipinski definition) is 2. The number of para-hydroxylation sites is 2. The molecule has 0 unspecified atom stereocenters. The zero-order chi connectivity index (χ0) is 40.0. The Labute approximate surface area is 345 Å². The minimum absolute atomic E-state index is 0.0690. The first-order valence-electron chi connectivity index (χ1n) is 21.4. The molecule has 1 aliphatic carbocycles. The molecule has 9 rings (SSSR count). The average molecular weight is 757 g/mol. The SMILES string of the molecule is CC(C)(C)c1ccc(N(c2ccccc2)c2cc3c4ccc(C5CCCCC5)cc4c(N(c4ccccc4)c4ccc(C(C)(C)C)cc4)cc3c3ccccc23)cc1. The van der Waals surface area contributed by atoms with E-state index < -0.39 is 0 Å². The van der Waals surface area contributed by atoms with Crippen LogP contribution < -0.4 is 9.80 Å². The highest BCUT2D eigenvalue weighted by molar-refractivity contribution is 6.24. The van der Waals surface area contributed by atoms with E-state index in [2.05, 4.69) is 215 Å². The first-order valence-corrected chi connectivity index (χ1v) is 21.4. The molecule has 1 aliphatic rings. The molecule has 0 aromatic heterocycles. The Kier molecular flexibility index (Phi) is 9.84. The molecule has 1 saturated carbocycles. The van der Waals surface area contributed by atoms with E-state index in [-0.39, 0.29) is 10.8 Å². The molecule has 1 fully saturated rings. The van der Waals surface area contributed by atoms with E-state index in [1.165, 1.54) is 92.5 Å². The third kappa shape index (κ3) is 7.15. The van der Waals surface area contributed by atoms with Crippen molar-refractivity contribution in [2.75, 3.05) is 9.80 Å². The summed E-state index contributed by atoms with van der Waals surface area (Å²) in [6.07, 6.45) is 6.49. The van der Waals surface area contributed by atoms with E-state index in [1.54, 1.807) is 0 Å². The number of hydrogen-bond donors (Lipinski definition) is 0. The van der Waals surface area contributed by atoms with Crippen molar-refractivity contribution < 1.29 is 0 Å². The van der Waals surface area contributed by atoms with Crippen LogP contribution in [0.1, 0.15) is 96.3 Å². The molecule has 2 nitrogen and oxygen atoms in total. The molecule has 2 heteroatoms. The molecular weight excluding hydrogens is 701 g/mol. The molecule has 0 heterocycles. The Balaban J connectivity index is 1.35. The third-order valence-electron chi connectivity index (χ3n) is 12.5. The smallest absolute Gasteiger partial charge is 0.0546 e. The molecule has 0 spiro atoms. The van der Waals surface area contributed by atoms with Crippen molar-refractivity contribution in [1.29, 1.82) is 0 Å². The van der Waals surface area contributed by atoms with Crippen LogP contribution in [0, 0.1) is 0 Å². The maximum Gasteiger partial charge on any atom is 0.0546 e. The fraction of sp³-hybridized carbons (Fsp3) is 0.250. The summed E-state index contributed by atoms with van der Waals surface area (Å²) in [5.41, 5.74) is 11.3. The fourth-order valence-electron chi connectivity index (χ4n) is 9.27. The number of rotatable bonds is 7. The van der Waals surface area contributed by atoms with E-state index in [1.807, 2.05) is 0 Å². The Morgan fingerprint density at radius 2 is 0.776 bits per heavy atom. The molecule has 58 heavy (non-hydrogen) atoms. The van der Waals surface area contributed by atoms with Gasteiger partial charge in [0.15, 0.2) is 0 Å². The average Bonchev–Trinajstić information content (AvgIpc) is 3.25. The van der Waals surface area contributed by atoms with Gasteiger partial charge in [-0.2, -0.15) is 0 Å². The normalized spacial score (nSPS) is 14.0. The summed E-state index contributed by atoms with van der Waals surface area (Å²) in [7, 11) is 0. The zero-order valence-electron chi connectivity index (χ0n) is 35.1. The number of fused-ring (bicyclic) bond motifs is 5. The highest BCUT2D eigenvalue weighted by Crippen LogP contribution is 2.49. The van der Waals surface area contributed by atoms with Crippen LogP contribution in [-0.2, 0) is 10.8 Å². The van der Waals surface area contributed by atoms with E-state index in [0.29, 0.717) is 5.92 Å². The minimum atomic E-state index is 0.0690. The van der Waals surface area contributed by atoms with Crippen LogP contribution in [0.15, 0.2) is 164 Å². The van der Waals surface area contributed by atoms with Gasteiger partial charge in [0.2, 0.25) is 0 Å². The molecule has 0 atom stereocenters. The second-order valence-electron chi connectivity index (χ2n) is 18.5. The first-order chi connectivity index (χ1) is 28.0. The molecule has 0 amide bonds. The van der Waals surface area contributed by atoms with Crippen LogP contribution in [0.5, 0.6) is 0 Å². The summed E-state index contributed by atoms with van der Waals surface area (Å²) in [6.45, 7) is 13.7. The van der Waals surface area contributed by atoms with Crippen LogP contribution in [0.3, 0.4) is 0 Å². The molecule has 290 valence electrons. The highest BCUT2D eigenvalue weighted by Gasteiger charge is 2.25. The van der Waals surface area contributed by atoms with Crippen molar-refractivity contribution in [3.63, 3.8) is 0 Å². The first kappa shape index (κ1) is 37.7. The molecule has 0 saturated heterocycles. The van der Waals surface area contributed by atoms with Gasteiger partial charge in [-0.1, -0.05) is 158 Å². The summed E-state index contributed by atoms with van der Waals surface area (Å²) in [4.78, 5) is 4.95. The van der Waals surface area contributed by atoms with E-state index in [0.717, 1.165) is 22.7 Å². The monoisotopic (exact) mass is 756 g/mol. The van der Waals surface area contributed by atoms with E-state index >= 15 is 0 Å². The van der Waals surface area contributed by atoms with Crippen molar-refractivity contribution in [2.24, 2.45) is 0 Å². The van der Waals surface area contributed by atoms with Crippen LogP contribution in [0.2, 0.25) is 0 Å². The molecule has 0 aliphatic heterocycles. The lowest BCUT2D eigenvalue weighted by Crippen LogP contribution is -2.14. The number of nitrogens with zero attached hydrogens (tertiary/aromatic N) is 2. The van der Waals surface area contributed by atoms with Gasteiger partial charge in [-0.15, -0.1) is 0 Å². The standard InChI is InChI=1S/C56H56N2/c1-55(2,3)41-27-31-45(32-28-41)57(43-20-12-8-13-21-43)53-37-51-48-35-26-40(39-18-10-7-11-19-39)36-52(48)54(38-50(51)47-24-16-17-25-49(47)53)58(44-22-14-9-15-23-44)46-33-29-42(30-34-46)56(4,5)6/h8-9,12-17,20-39H,7,10-11,18-19H2,1-6H3. The van der Waals surface area contributed by atoms with Crippen molar-refractivity contribution in [3.8, 4) is 0 Å². The zero-order valence-corrected chi connectivity index (χ0v) is 35.1. The second kappa shape index (κ2) is 15.1. The van der Waals surface area contributed by atoms with Crippen LogP contribution in [-0.4, -0.2) is 0 Å². The lowest BCUT2D eigenvalue weighted by atomic mass is 9.82. The molecule has 0 bridgehead atoms. The summed E-state index contributed by atoms with van der Waals surface area (Å²) in [5, 5.41) is 7.58. The maximum atomic E-state index is 2.55. The molecule has 0 N–H and O–H groups in total. The summed E-state index contributed by atoms with van der Waals surface area (Å²) >= 11 is 0. The van der Waals surface area contributed by atoms with Crippen molar-refractivity contribution in [1.82, 2.24) is 0 Å². The van der Waals surface area contributed by atoms with E-state index in [4.69, 9.17) is 0 Å². The lowest BCUT2D eigenvalue weighted by molar-refractivity contribution is 0.444. The minimum Gasteiger partial charge on any atom is -0.310 e. The highest BCUT2D eigenvalue weighted by atomic mass is 15.1. The fourth-order valence-corrected chi connectivity index (χ4v) is 9.27. The van der Waals surface area contributed by atoms with Gasteiger partial charge in [-0.25, -0.2) is 0 Å². The third-order valence-corrected chi connectivity index (χ3v) is 12.5. The van der Waals surface area contributed by atoms with Gasteiger partial charge in [-0.3, -0.25) is 0 Å². The summed E-state index contributed by atoms with van der Waals surface area (Å²) in [6, 6.07) is 61.7. The van der Waals surface area contributed by atoms with Gasteiger partial charge in [0.1, 0.15) is 0 Å². The Morgan fingerprint density at radius 1 is 0.362 bits per heavy atom. The lowest BCUT2D eigenvalue weighted by Gasteiger charge is -2.31. The van der Waals surface area contributed by atoms with Gasteiger partial charge >= 0.3 is 0 Å². The predicted molar refractivity (Wildman–Crippen MR) is 252 cm³/mol. The van der Waals surface area contributed by atoms with Crippen molar-refractivity contribution in [2.45, 2.75) is 90.4 Å². The number of benzene rings is 8. The van der Waals surface area contributed by atoms with Crippen LogP contribution in [0.4, 0.5) is 34.1 Å². The van der Waals surface area contributed by atoms with Crippen molar-refractivity contribution in [3.05, 3.63) is 180 Å². The molecular formula is C56H56N2. The maximum absolute atomic E-state index is 2.55. The second-order valence-corrected chi connectivity index (χ2v) is 18.5. The molecule has 8 aromatic rings. The largest absolute Gasteiger partial charge is 0.310 e. The van der Waals surface area contributed by atoms with Gasteiger partial charge in [0.25, 0.3) is 0 Å². The summed E-state index contributed by atoms with van der Waals surface area (Å²) in [5.74, 6) is 0.592. The quantitative estimate of drug-likeness (QED) is 0.149. The topological polar surface area (TPSA) is 6.48 Å². The molecule has 0 radical (unpaired) electrons. The number of anilines is 6. The van der Waals surface area contributed by atoms with Crippen molar-refractivity contribution >= 4 is 66.4 Å². The Hall–Kier alpha value is -5.86. The Bertz CT molecular complexity index is 2690. The summed E-state index contributed by atoms with van der Waals surface area (Å²) < 4.78 is 0. The van der Waals surface area contributed by atoms with Crippen LogP contribution in [0.25, 0.3) is 32.3 Å². The van der Waals surface area contributed by atoms with Crippen LogP contribution >= 0.6 is 0 Å². The Morgan fingerprint density at radius 3 is 1.26 bits per heavy atom. The molecule has 8 aromatic carbocycles. The van der Waals surface area contributed by atoms with E-state index in [9.17, 15) is 0 Å².